The predicted octanol–water partition coefficient (Wildman–Crippen LogP) is 2.97. The zero-order chi connectivity index (χ0) is 13.1. The van der Waals surface area contributed by atoms with Crippen LogP contribution in [0.5, 0.6) is 0 Å². The minimum Gasteiger partial charge on any atom is -0.371 e. The van der Waals surface area contributed by atoms with E-state index in [1.165, 1.54) is 0 Å². The second-order valence-corrected chi connectivity index (χ2v) is 6.15. The first-order valence-electron chi connectivity index (χ1n) is 6.51. The highest BCUT2D eigenvalue weighted by molar-refractivity contribution is 5.88. The molecule has 0 aliphatic heterocycles. The molecule has 17 heavy (non-hydrogen) atoms. The first kappa shape index (κ1) is 14.7. The van der Waals surface area contributed by atoms with Crippen LogP contribution in [0.25, 0.3) is 0 Å². The highest BCUT2D eigenvalue weighted by atomic mass is 16.5. The largest absolute Gasteiger partial charge is 0.371 e. The Bertz CT molecular complexity index is 259. The highest BCUT2D eigenvalue weighted by Crippen LogP contribution is 2.42. The SMILES string of the molecule is COC1(C(=O)COC(C)C)CCC(C)(C)CC1. The van der Waals surface area contributed by atoms with Gasteiger partial charge in [-0.2, -0.15) is 0 Å². The molecular formula is C14H26O3. The van der Waals surface area contributed by atoms with E-state index in [-0.39, 0.29) is 18.5 Å². The third-order valence-electron chi connectivity index (χ3n) is 3.86. The Morgan fingerprint density at radius 2 is 1.71 bits per heavy atom. The van der Waals surface area contributed by atoms with Gasteiger partial charge in [0.05, 0.1) is 6.10 Å². The van der Waals surface area contributed by atoms with E-state index >= 15 is 0 Å². The Morgan fingerprint density at radius 3 is 2.12 bits per heavy atom. The maximum absolute atomic E-state index is 12.2. The molecule has 1 aliphatic carbocycles. The van der Waals surface area contributed by atoms with Crippen molar-refractivity contribution in [2.24, 2.45) is 5.41 Å². The van der Waals surface area contributed by atoms with Gasteiger partial charge >= 0.3 is 0 Å². The van der Waals surface area contributed by atoms with Crippen molar-refractivity contribution in [2.75, 3.05) is 13.7 Å². The average molecular weight is 242 g/mol. The summed E-state index contributed by atoms with van der Waals surface area (Å²) in [6.07, 6.45) is 3.80. The summed E-state index contributed by atoms with van der Waals surface area (Å²) in [5.74, 6) is 0.101. The van der Waals surface area contributed by atoms with E-state index in [4.69, 9.17) is 9.47 Å². The maximum Gasteiger partial charge on any atom is 0.190 e. The van der Waals surface area contributed by atoms with Crippen LogP contribution in [-0.2, 0) is 14.3 Å². The van der Waals surface area contributed by atoms with Crippen molar-refractivity contribution in [3.63, 3.8) is 0 Å². The van der Waals surface area contributed by atoms with Gasteiger partial charge in [-0.15, -0.1) is 0 Å². The van der Waals surface area contributed by atoms with Crippen molar-refractivity contribution in [2.45, 2.75) is 65.1 Å². The molecular weight excluding hydrogens is 216 g/mol. The molecule has 1 fully saturated rings. The number of ether oxygens (including phenoxy) is 2. The van der Waals surface area contributed by atoms with Gasteiger partial charge in [0, 0.05) is 7.11 Å². The third kappa shape index (κ3) is 3.78. The number of ketones is 1. The lowest BCUT2D eigenvalue weighted by atomic mass is 9.69. The van der Waals surface area contributed by atoms with Crippen LogP contribution < -0.4 is 0 Å². The average Bonchev–Trinajstić information content (AvgIpc) is 2.26. The molecule has 0 spiro atoms. The van der Waals surface area contributed by atoms with Crippen molar-refractivity contribution in [1.29, 1.82) is 0 Å². The Labute approximate surface area is 105 Å². The van der Waals surface area contributed by atoms with Crippen molar-refractivity contribution >= 4 is 5.78 Å². The topological polar surface area (TPSA) is 35.5 Å². The van der Waals surface area contributed by atoms with Crippen LogP contribution in [0, 0.1) is 5.41 Å². The molecule has 1 aliphatic rings. The quantitative estimate of drug-likeness (QED) is 0.743. The van der Waals surface area contributed by atoms with Crippen LogP contribution in [0.4, 0.5) is 0 Å². The van der Waals surface area contributed by atoms with E-state index in [2.05, 4.69) is 13.8 Å². The lowest BCUT2D eigenvalue weighted by Crippen LogP contribution is -2.47. The molecule has 0 bridgehead atoms. The minimum atomic E-state index is -0.593. The summed E-state index contributed by atoms with van der Waals surface area (Å²) in [5, 5.41) is 0. The summed E-state index contributed by atoms with van der Waals surface area (Å²) >= 11 is 0. The second kappa shape index (κ2) is 5.49. The number of carbonyl (C=O) groups is 1. The van der Waals surface area contributed by atoms with Gasteiger partial charge in [-0.1, -0.05) is 13.8 Å². The molecule has 3 heteroatoms. The molecule has 0 saturated heterocycles. The van der Waals surface area contributed by atoms with Gasteiger partial charge in [0.15, 0.2) is 5.78 Å². The van der Waals surface area contributed by atoms with Gasteiger partial charge in [0.2, 0.25) is 0 Å². The molecule has 1 saturated carbocycles. The van der Waals surface area contributed by atoms with Crippen molar-refractivity contribution in [1.82, 2.24) is 0 Å². The third-order valence-corrected chi connectivity index (χ3v) is 3.86. The Hall–Kier alpha value is -0.410. The molecule has 0 unspecified atom stereocenters. The summed E-state index contributed by atoms with van der Waals surface area (Å²) in [7, 11) is 1.64. The number of hydrogen-bond donors (Lipinski definition) is 0. The van der Waals surface area contributed by atoms with E-state index < -0.39 is 5.60 Å². The molecule has 0 aromatic heterocycles. The monoisotopic (exact) mass is 242 g/mol. The summed E-state index contributed by atoms with van der Waals surface area (Å²) in [4.78, 5) is 12.2. The van der Waals surface area contributed by atoms with E-state index in [9.17, 15) is 4.79 Å². The zero-order valence-electron chi connectivity index (χ0n) is 11.8. The van der Waals surface area contributed by atoms with Crippen LogP contribution in [0.2, 0.25) is 0 Å². The van der Waals surface area contributed by atoms with Crippen LogP contribution in [0.3, 0.4) is 0 Å². The standard InChI is InChI=1S/C14H26O3/c1-11(2)17-10-12(15)14(16-5)8-6-13(3,4)7-9-14/h11H,6-10H2,1-5H3. The fourth-order valence-electron chi connectivity index (χ4n) is 2.30. The van der Waals surface area contributed by atoms with Crippen LogP contribution >= 0.6 is 0 Å². The maximum atomic E-state index is 12.2. The number of methoxy groups -OCH3 is 1. The summed E-state index contributed by atoms with van der Waals surface area (Å²) in [6, 6.07) is 0. The summed E-state index contributed by atoms with van der Waals surface area (Å²) in [6.45, 7) is 8.56. The molecule has 0 radical (unpaired) electrons. The fourth-order valence-corrected chi connectivity index (χ4v) is 2.30. The van der Waals surface area contributed by atoms with E-state index in [0.717, 1.165) is 25.7 Å². The molecule has 0 aromatic rings. The van der Waals surface area contributed by atoms with Gasteiger partial charge in [0.25, 0.3) is 0 Å². The molecule has 0 N–H and O–H groups in total. The molecule has 3 nitrogen and oxygen atoms in total. The van der Waals surface area contributed by atoms with Crippen molar-refractivity contribution < 1.29 is 14.3 Å². The number of Topliss-reactive ketones (excluding diaryl/α,β-unsaturated/α-hetero) is 1. The van der Waals surface area contributed by atoms with Crippen LogP contribution in [0.1, 0.15) is 53.4 Å². The van der Waals surface area contributed by atoms with Crippen LogP contribution in [0.15, 0.2) is 0 Å². The molecule has 0 atom stereocenters. The van der Waals surface area contributed by atoms with Crippen LogP contribution in [-0.4, -0.2) is 31.2 Å². The van der Waals surface area contributed by atoms with Crippen molar-refractivity contribution in [3.05, 3.63) is 0 Å². The van der Waals surface area contributed by atoms with Gasteiger partial charge in [-0.3, -0.25) is 4.79 Å². The zero-order valence-corrected chi connectivity index (χ0v) is 11.8. The Morgan fingerprint density at radius 1 is 1.18 bits per heavy atom. The molecule has 1 rings (SSSR count). The summed E-state index contributed by atoms with van der Waals surface area (Å²) in [5.41, 5.74) is -0.258. The molecule has 0 heterocycles. The van der Waals surface area contributed by atoms with Gasteiger partial charge < -0.3 is 9.47 Å². The van der Waals surface area contributed by atoms with Gasteiger partial charge in [0.1, 0.15) is 12.2 Å². The number of rotatable bonds is 5. The lowest BCUT2D eigenvalue weighted by Gasteiger charge is -2.41. The first-order chi connectivity index (χ1) is 7.81. The molecule has 0 amide bonds. The predicted molar refractivity (Wildman–Crippen MR) is 68.1 cm³/mol. The molecule has 100 valence electrons. The Balaban J connectivity index is 2.61. The van der Waals surface area contributed by atoms with Gasteiger partial charge in [-0.05, 0) is 44.9 Å². The van der Waals surface area contributed by atoms with Crippen molar-refractivity contribution in [3.8, 4) is 0 Å². The van der Waals surface area contributed by atoms with E-state index in [1.54, 1.807) is 7.11 Å². The van der Waals surface area contributed by atoms with E-state index in [1.807, 2.05) is 13.8 Å². The fraction of sp³-hybridized carbons (Fsp3) is 0.929. The minimum absolute atomic E-state index is 0.0906. The van der Waals surface area contributed by atoms with Gasteiger partial charge in [-0.25, -0.2) is 0 Å². The smallest absolute Gasteiger partial charge is 0.190 e. The second-order valence-electron chi connectivity index (χ2n) is 6.15. The number of hydrogen-bond acceptors (Lipinski definition) is 3. The highest BCUT2D eigenvalue weighted by Gasteiger charge is 2.43. The molecule has 0 aromatic carbocycles. The normalized spacial score (nSPS) is 22.7. The Kier molecular flexibility index (Phi) is 4.73. The lowest BCUT2D eigenvalue weighted by molar-refractivity contribution is -0.154. The summed E-state index contributed by atoms with van der Waals surface area (Å²) < 4.78 is 10.9. The van der Waals surface area contributed by atoms with E-state index in [0.29, 0.717) is 5.41 Å². The number of carbonyl (C=O) groups excluding carboxylic acids is 1. The first-order valence-corrected chi connectivity index (χ1v) is 6.51.